The largest absolute Gasteiger partial charge is 0.322 e. The summed E-state index contributed by atoms with van der Waals surface area (Å²) in [6.07, 6.45) is 0. The van der Waals surface area contributed by atoms with Crippen LogP contribution in [0.25, 0.3) is 0 Å². The Bertz CT molecular complexity index is 1010. The van der Waals surface area contributed by atoms with Crippen molar-refractivity contribution in [2.45, 2.75) is 16.7 Å². The predicted octanol–water partition coefficient (Wildman–Crippen LogP) is 4.73. The zero-order valence-corrected chi connectivity index (χ0v) is 15.7. The number of amides is 1. The summed E-state index contributed by atoms with van der Waals surface area (Å²) in [5, 5.41) is 2.75. The molecule has 0 aliphatic rings. The number of rotatable bonds is 5. The second kappa shape index (κ2) is 7.76. The summed E-state index contributed by atoms with van der Waals surface area (Å²) < 4.78 is 25.3. The lowest BCUT2D eigenvalue weighted by Gasteiger charge is -2.08. The number of para-hydroxylation sites is 1. The maximum absolute atomic E-state index is 12.7. The minimum Gasteiger partial charge on any atom is -0.322 e. The van der Waals surface area contributed by atoms with E-state index in [0.29, 0.717) is 16.1 Å². The average molecular weight is 383 g/mol. The van der Waals surface area contributed by atoms with Crippen molar-refractivity contribution in [1.29, 1.82) is 0 Å². The molecule has 0 radical (unpaired) electrons. The molecular formula is C20H17NO3S2. The van der Waals surface area contributed by atoms with Gasteiger partial charge in [-0.1, -0.05) is 42.0 Å². The molecule has 1 N–H and O–H groups in total. The second-order valence-corrected chi connectivity index (χ2v) is 9.53. The van der Waals surface area contributed by atoms with Crippen molar-refractivity contribution in [3.8, 4) is 0 Å². The fourth-order valence-corrected chi connectivity index (χ4v) is 5.09. The molecule has 0 aliphatic heterocycles. The number of hydrogen-bond acceptors (Lipinski definition) is 4. The molecule has 1 amide bonds. The fraction of sp³-hybridized carbons (Fsp3) is 0.0500. The van der Waals surface area contributed by atoms with E-state index in [9.17, 15) is 13.2 Å². The van der Waals surface area contributed by atoms with Gasteiger partial charge >= 0.3 is 0 Å². The molecule has 0 heterocycles. The van der Waals surface area contributed by atoms with Gasteiger partial charge in [0.2, 0.25) is 8.87 Å². The number of benzene rings is 3. The smallest absolute Gasteiger partial charge is 0.255 e. The number of nitrogens with one attached hydrogen (secondary N) is 1. The highest BCUT2D eigenvalue weighted by atomic mass is 33.1. The van der Waals surface area contributed by atoms with Crippen molar-refractivity contribution < 1.29 is 13.2 Å². The fourth-order valence-electron chi connectivity index (χ4n) is 2.29. The molecule has 132 valence electrons. The third-order valence-corrected chi connectivity index (χ3v) is 6.97. The summed E-state index contributed by atoms with van der Waals surface area (Å²) in [6, 6.07) is 22.3. The van der Waals surface area contributed by atoms with Gasteiger partial charge < -0.3 is 5.32 Å². The number of aryl methyl sites for hydroxylation is 1. The molecule has 0 fully saturated rings. The van der Waals surface area contributed by atoms with Crippen molar-refractivity contribution in [1.82, 2.24) is 0 Å². The van der Waals surface area contributed by atoms with Gasteiger partial charge in [-0.25, -0.2) is 8.42 Å². The van der Waals surface area contributed by atoms with Crippen LogP contribution < -0.4 is 5.32 Å². The second-order valence-electron chi connectivity index (χ2n) is 5.70. The molecule has 0 atom stereocenters. The maximum Gasteiger partial charge on any atom is 0.255 e. The summed E-state index contributed by atoms with van der Waals surface area (Å²) in [6.45, 7) is 1.94. The van der Waals surface area contributed by atoms with Gasteiger partial charge in [0, 0.05) is 26.9 Å². The van der Waals surface area contributed by atoms with E-state index in [1.54, 1.807) is 36.4 Å². The van der Waals surface area contributed by atoms with E-state index in [1.165, 1.54) is 12.1 Å². The minimum atomic E-state index is -3.62. The van der Waals surface area contributed by atoms with E-state index in [2.05, 4.69) is 5.32 Å². The summed E-state index contributed by atoms with van der Waals surface area (Å²) in [4.78, 5) is 13.1. The monoisotopic (exact) mass is 383 g/mol. The SMILES string of the molecule is Cc1ccc(SS(=O)(=O)c2cccc(C(=O)Nc3ccccc3)c2)cc1. The van der Waals surface area contributed by atoms with Gasteiger partial charge in [-0.2, -0.15) is 0 Å². The first kappa shape index (κ1) is 18.2. The molecule has 6 heteroatoms. The van der Waals surface area contributed by atoms with Crippen LogP contribution in [0.15, 0.2) is 88.7 Å². The van der Waals surface area contributed by atoms with E-state index in [4.69, 9.17) is 0 Å². The number of anilines is 1. The average Bonchev–Trinajstić information content (AvgIpc) is 2.64. The topological polar surface area (TPSA) is 63.2 Å². The Morgan fingerprint density at radius 3 is 2.27 bits per heavy atom. The van der Waals surface area contributed by atoms with Crippen molar-refractivity contribution in [3.05, 3.63) is 90.0 Å². The number of carbonyl (C=O) groups is 1. The molecule has 4 nitrogen and oxygen atoms in total. The van der Waals surface area contributed by atoms with Gasteiger partial charge in [0.1, 0.15) is 0 Å². The molecule has 0 aromatic heterocycles. The van der Waals surface area contributed by atoms with Crippen molar-refractivity contribution in [2.75, 3.05) is 5.32 Å². The van der Waals surface area contributed by atoms with E-state index < -0.39 is 8.87 Å². The summed E-state index contributed by atoms with van der Waals surface area (Å²) >= 11 is 0. The third-order valence-electron chi connectivity index (χ3n) is 3.64. The van der Waals surface area contributed by atoms with Crippen LogP contribution in [0, 0.1) is 6.92 Å². The molecule has 0 unspecified atom stereocenters. The van der Waals surface area contributed by atoms with Crippen LogP contribution in [-0.4, -0.2) is 14.3 Å². The van der Waals surface area contributed by atoms with Crippen LogP contribution in [0.4, 0.5) is 5.69 Å². The molecule has 3 rings (SSSR count). The van der Waals surface area contributed by atoms with E-state index in [-0.39, 0.29) is 10.8 Å². The molecule has 3 aromatic rings. The van der Waals surface area contributed by atoms with E-state index in [0.717, 1.165) is 16.4 Å². The van der Waals surface area contributed by atoms with Crippen LogP contribution in [-0.2, 0) is 8.87 Å². The zero-order valence-electron chi connectivity index (χ0n) is 14.0. The van der Waals surface area contributed by atoms with Gasteiger partial charge in [-0.05, 0) is 49.4 Å². The molecule has 0 aliphatic carbocycles. The molecule has 26 heavy (non-hydrogen) atoms. The van der Waals surface area contributed by atoms with Crippen LogP contribution in [0.5, 0.6) is 0 Å². The van der Waals surface area contributed by atoms with Gasteiger partial charge in [0.15, 0.2) is 0 Å². The molecule has 0 saturated heterocycles. The number of hydrogen-bond donors (Lipinski definition) is 1. The van der Waals surface area contributed by atoms with Gasteiger partial charge in [-0.3, -0.25) is 4.79 Å². The number of carbonyl (C=O) groups excluding carboxylic acids is 1. The van der Waals surface area contributed by atoms with Crippen LogP contribution >= 0.6 is 10.8 Å². The standard InChI is InChI=1S/C20H17NO3S2/c1-15-10-12-18(13-11-15)25-26(23,24)19-9-5-6-16(14-19)20(22)21-17-7-3-2-4-8-17/h2-14H,1H3,(H,21,22). The molecule has 0 spiro atoms. The summed E-state index contributed by atoms with van der Waals surface area (Å²) in [7, 11) is -2.85. The first-order chi connectivity index (χ1) is 12.4. The van der Waals surface area contributed by atoms with Crippen molar-refractivity contribution >= 4 is 31.3 Å². The lowest BCUT2D eigenvalue weighted by molar-refractivity contribution is 0.102. The normalized spacial score (nSPS) is 11.1. The lowest BCUT2D eigenvalue weighted by Crippen LogP contribution is -2.12. The van der Waals surface area contributed by atoms with E-state index >= 15 is 0 Å². The highest BCUT2D eigenvalue weighted by molar-refractivity contribution is 8.72. The summed E-state index contributed by atoms with van der Waals surface area (Å²) in [5.41, 5.74) is 2.01. The van der Waals surface area contributed by atoms with Crippen LogP contribution in [0.3, 0.4) is 0 Å². The van der Waals surface area contributed by atoms with Gasteiger partial charge in [0.05, 0.1) is 4.90 Å². The van der Waals surface area contributed by atoms with Gasteiger partial charge in [0.25, 0.3) is 5.91 Å². The molecule has 0 bridgehead atoms. The van der Waals surface area contributed by atoms with Crippen molar-refractivity contribution in [2.24, 2.45) is 0 Å². The Labute approximate surface area is 156 Å². The Morgan fingerprint density at radius 1 is 0.885 bits per heavy atom. The Kier molecular flexibility index (Phi) is 5.44. The first-order valence-corrected chi connectivity index (χ1v) is 10.7. The zero-order chi connectivity index (χ0) is 18.6. The predicted molar refractivity (Wildman–Crippen MR) is 105 cm³/mol. The maximum atomic E-state index is 12.7. The third kappa shape index (κ3) is 4.53. The quantitative estimate of drug-likeness (QED) is 0.647. The highest BCUT2D eigenvalue weighted by Crippen LogP contribution is 2.31. The lowest BCUT2D eigenvalue weighted by atomic mass is 10.2. The first-order valence-electron chi connectivity index (χ1n) is 7.92. The molecular weight excluding hydrogens is 366 g/mol. The van der Waals surface area contributed by atoms with Crippen LogP contribution in [0.2, 0.25) is 0 Å². The molecule has 0 saturated carbocycles. The van der Waals surface area contributed by atoms with Crippen molar-refractivity contribution in [3.63, 3.8) is 0 Å². The summed E-state index contributed by atoms with van der Waals surface area (Å²) in [5.74, 6) is -0.353. The van der Waals surface area contributed by atoms with E-state index in [1.807, 2.05) is 37.3 Å². The van der Waals surface area contributed by atoms with Crippen LogP contribution in [0.1, 0.15) is 15.9 Å². The Balaban J connectivity index is 1.81. The highest BCUT2D eigenvalue weighted by Gasteiger charge is 2.18. The Morgan fingerprint density at radius 2 is 1.58 bits per heavy atom. The minimum absolute atomic E-state index is 0.101. The Hall–Kier alpha value is -2.57. The molecule has 3 aromatic carbocycles. The van der Waals surface area contributed by atoms with Gasteiger partial charge in [-0.15, -0.1) is 0 Å².